The summed E-state index contributed by atoms with van der Waals surface area (Å²) in [5, 5.41) is 0. The Kier molecular flexibility index (Phi) is 6.30. The van der Waals surface area contributed by atoms with E-state index in [2.05, 4.69) is 13.5 Å². The topological polar surface area (TPSA) is 0 Å². The Hall–Kier alpha value is -0.260. The van der Waals surface area contributed by atoms with Crippen molar-refractivity contribution in [3.8, 4) is 0 Å². The van der Waals surface area contributed by atoms with E-state index in [1.54, 1.807) is 0 Å². The summed E-state index contributed by atoms with van der Waals surface area (Å²) in [6, 6.07) is 0. The van der Waals surface area contributed by atoms with Crippen LogP contribution in [0, 0.1) is 5.92 Å². The third kappa shape index (κ3) is 5.06. The molecular weight excluding hydrogens is 132 g/mol. The first kappa shape index (κ1) is 10.7. The maximum atomic E-state index is 3.92. The van der Waals surface area contributed by atoms with Crippen LogP contribution < -0.4 is 0 Å². The molecule has 0 bridgehead atoms. The summed E-state index contributed by atoms with van der Waals surface area (Å²) in [5.41, 5.74) is 1.36. The van der Waals surface area contributed by atoms with Crippen LogP contribution in [0.25, 0.3) is 0 Å². The average Bonchev–Trinajstić information content (AvgIpc) is 2.43. The van der Waals surface area contributed by atoms with Crippen LogP contribution in [-0.2, 0) is 0 Å². The van der Waals surface area contributed by atoms with Crippen molar-refractivity contribution in [2.45, 2.75) is 52.9 Å². The second-order valence-corrected chi connectivity index (χ2v) is 3.31. The van der Waals surface area contributed by atoms with Gasteiger partial charge in [0.1, 0.15) is 0 Å². The van der Waals surface area contributed by atoms with Crippen LogP contribution >= 0.6 is 0 Å². The fraction of sp³-hybridized carbons (Fsp3) is 0.818. The van der Waals surface area contributed by atoms with Crippen molar-refractivity contribution in [1.29, 1.82) is 0 Å². The van der Waals surface area contributed by atoms with E-state index in [9.17, 15) is 0 Å². The fourth-order valence-corrected chi connectivity index (χ4v) is 1.71. The minimum absolute atomic E-state index is 0.988. The third-order valence-electron chi connectivity index (χ3n) is 2.11. The lowest BCUT2D eigenvalue weighted by atomic mass is 10.0. The zero-order chi connectivity index (χ0) is 8.69. The summed E-state index contributed by atoms with van der Waals surface area (Å²) >= 11 is 0. The van der Waals surface area contributed by atoms with E-state index in [0.717, 1.165) is 5.92 Å². The van der Waals surface area contributed by atoms with Crippen molar-refractivity contribution in [3.63, 3.8) is 0 Å². The molecule has 0 saturated heterocycles. The number of allylic oxidation sites excluding steroid dienone is 1. The lowest BCUT2D eigenvalue weighted by molar-refractivity contribution is 0.544. The summed E-state index contributed by atoms with van der Waals surface area (Å²) in [7, 11) is 0. The molecule has 11 heavy (non-hydrogen) atoms. The molecule has 0 nitrogen and oxygen atoms in total. The van der Waals surface area contributed by atoms with Crippen molar-refractivity contribution >= 4 is 0 Å². The molecule has 0 spiro atoms. The van der Waals surface area contributed by atoms with Gasteiger partial charge in [0.15, 0.2) is 0 Å². The molecule has 0 unspecified atom stereocenters. The number of hydrogen-bond donors (Lipinski definition) is 0. The van der Waals surface area contributed by atoms with E-state index >= 15 is 0 Å². The summed E-state index contributed by atoms with van der Waals surface area (Å²) in [4.78, 5) is 0. The molecule has 1 fully saturated rings. The first-order valence-electron chi connectivity index (χ1n) is 4.93. The monoisotopic (exact) mass is 154 g/mol. The van der Waals surface area contributed by atoms with Crippen LogP contribution in [0.5, 0.6) is 0 Å². The highest BCUT2D eigenvalue weighted by Crippen LogP contribution is 2.29. The largest absolute Gasteiger partial charge is 0.100 e. The van der Waals surface area contributed by atoms with E-state index < -0.39 is 0 Å². The Labute approximate surface area is 71.7 Å². The van der Waals surface area contributed by atoms with Crippen molar-refractivity contribution in [2.75, 3.05) is 0 Å². The highest BCUT2D eigenvalue weighted by Gasteiger charge is 2.13. The summed E-state index contributed by atoms with van der Waals surface area (Å²) in [6.45, 7) is 10.1. The van der Waals surface area contributed by atoms with Crippen molar-refractivity contribution in [1.82, 2.24) is 0 Å². The molecule has 0 N–H and O–H groups in total. The Bertz CT molecular complexity index is 96.6. The van der Waals surface area contributed by atoms with Gasteiger partial charge in [0.05, 0.1) is 0 Å². The van der Waals surface area contributed by atoms with Gasteiger partial charge >= 0.3 is 0 Å². The van der Waals surface area contributed by atoms with E-state index in [1.165, 1.54) is 37.7 Å². The van der Waals surface area contributed by atoms with Gasteiger partial charge in [-0.25, -0.2) is 0 Å². The molecule has 0 aliphatic heterocycles. The second kappa shape index (κ2) is 6.45. The Morgan fingerprint density at radius 3 is 2.09 bits per heavy atom. The molecule has 0 heteroatoms. The third-order valence-corrected chi connectivity index (χ3v) is 2.11. The van der Waals surface area contributed by atoms with E-state index in [4.69, 9.17) is 0 Å². The molecule has 1 rings (SSSR count). The zero-order valence-corrected chi connectivity index (χ0v) is 8.32. The molecule has 1 aliphatic rings. The van der Waals surface area contributed by atoms with Gasteiger partial charge in [-0.05, 0) is 19.3 Å². The van der Waals surface area contributed by atoms with Gasteiger partial charge in [-0.3, -0.25) is 0 Å². The van der Waals surface area contributed by atoms with Crippen molar-refractivity contribution < 1.29 is 0 Å². The van der Waals surface area contributed by atoms with Crippen LogP contribution in [0.1, 0.15) is 52.9 Å². The van der Waals surface area contributed by atoms with Gasteiger partial charge in [0.2, 0.25) is 0 Å². The molecule has 1 aliphatic carbocycles. The Balaban J connectivity index is 0.000000461. The maximum Gasteiger partial charge on any atom is -0.0297 e. The van der Waals surface area contributed by atoms with Crippen LogP contribution in [0.15, 0.2) is 12.2 Å². The average molecular weight is 154 g/mol. The van der Waals surface area contributed by atoms with Gasteiger partial charge in [-0.2, -0.15) is 0 Å². The molecule has 66 valence electrons. The van der Waals surface area contributed by atoms with Gasteiger partial charge in [-0.1, -0.05) is 45.1 Å². The maximum absolute atomic E-state index is 3.92. The summed E-state index contributed by atoms with van der Waals surface area (Å²) in [5.74, 6) is 0.988. The lowest BCUT2D eigenvalue weighted by Gasteiger charge is -2.06. The molecule has 1 saturated carbocycles. The van der Waals surface area contributed by atoms with Gasteiger partial charge in [0, 0.05) is 0 Å². The summed E-state index contributed by atoms with van der Waals surface area (Å²) in [6.07, 6.45) is 7.09. The van der Waals surface area contributed by atoms with Crippen LogP contribution in [0.2, 0.25) is 0 Å². The number of rotatable bonds is 2. The van der Waals surface area contributed by atoms with E-state index in [0.29, 0.717) is 0 Å². The minimum atomic E-state index is 0.988. The molecule has 0 aromatic heterocycles. The van der Waals surface area contributed by atoms with Gasteiger partial charge < -0.3 is 0 Å². The molecule has 0 aromatic rings. The standard InChI is InChI=1S/C9H16.C2H6/c1-8(2)7-9-5-3-4-6-9;1-2/h9H,1,3-7H2,2H3;1-2H3. The first-order valence-corrected chi connectivity index (χ1v) is 4.93. The van der Waals surface area contributed by atoms with Gasteiger partial charge in [0.25, 0.3) is 0 Å². The predicted octanol–water partition coefficient (Wildman–Crippen LogP) is 4.17. The molecule has 0 amide bonds. The van der Waals surface area contributed by atoms with Crippen LogP contribution in [-0.4, -0.2) is 0 Å². The zero-order valence-electron chi connectivity index (χ0n) is 8.32. The molecule has 0 aromatic carbocycles. The SMILES string of the molecule is C=C(C)CC1CCCC1.CC. The Morgan fingerprint density at radius 1 is 1.27 bits per heavy atom. The smallest absolute Gasteiger partial charge is 0.0297 e. The normalized spacial score (nSPS) is 17.4. The minimum Gasteiger partial charge on any atom is -0.100 e. The van der Waals surface area contributed by atoms with Crippen molar-refractivity contribution in [3.05, 3.63) is 12.2 Å². The molecular formula is C11H22. The highest BCUT2D eigenvalue weighted by atomic mass is 14.2. The quantitative estimate of drug-likeness (QED) is 0.524. The number of hydrogen-bond acceptors (Lipinski definition) is 0. The fourth-order valence-electron chi connectivity index (χ4n) is 1.71. The molecule has 0 radical (unpaired) electrons. The lowest BCUT2D eigenvalue weighted by Crippen LogP contribution is -1.91. The second-order valence-electron chi connectivity index (χ2n) is 3.31. The summed E-state index contributed by atoms with van der Waals surface area (Å²) < 4.78 is 0. The molecule has 0 heterocycles. The molecule has 0 atom stereocenters. The van der Waals surface area contributed by atoms with Gasteiger partial charge in [-0.15, -0.1) is 6.58 Å². The van der Waals surface area contributed by atoms with Crippen LogP contribution in [0.3, 0.4) is 0 Å². The first-order chi connectivity index (χ1) is 5.29. The van der Waals surface area contributed by atoms with E-state index in [-0.39, 0.29) is 0 Å². The predicted molar refractivity (Wildman–Crippen MR) is 52.7 cm³/mol. The Morgan fingerprint density at radius 2 is 1.73 bits per heavy atom. The van der Waals surface area contributed by atoms with E-state index in [1.807, 2.05) is 13.8 Å². The van der Waals surface area contributed by atoms with Crippen molar-refractivity contribution in [2.24, 2.45) is 5.92 Å². The highest BCUT2D eigenvalue weighted by molar-refractivity contribution is 4.91. The van der Waals surface area contributed by atoms with Crippen LogP contribution in [0.4, 0.5) is 0 Å².